The fourth-order valence-corrected chi connectivity index (χ4v) is 4.30. The summed E-state index contributed by atoms with van der Waals surface area (Å²) < 4.78 is 0. The van der Waals surface area contributed by atoms with Gasteiger partial charge in [-0.3, -0.25) is 4.79 Å². The highest BCUT2D eigenvalue weighted by Crippen LogP contribution is 2.31. The largest absolute Gasteiger partial charge is 0.341 e. The molecular weight excluding hydrogens is 288 g/mol. The van der Waals surface area contributed by atoms with E-state index in [2.05, 4.69) is 16.8 Å². The van der Waals surface area contributed by atoms with Crippen LogP contribution < -0.4 is 4.90 Å². The summed E-state index contributed by atoms with van der Waals surface area (Å²) in [5.74, 6) is 1.65. The van der Waals surface area contributed by atoms with E-state index in [9.17, 15) is 4.79 Å². The van der Waals surface area contributed by atoms with Crippen molar-refractivity contribution in [3.63, 3.8) is 0 Å². The average molecular weight is 314 g/mol. The van der Waals surface area contributed by atoms with Crippen molar-refractivity contribution in [2.45, 2.75) is 64.5 Å². The van der Waals surface area contributed by atoms with Crippen LogP contribution in [0.3, 0.4) is 0 Å². The van der Waals surface area contributed by atoms with Crippen molar-refractivity contribution in [3.8, 4) is 0 Å². The highest BCUT2D eigenvalue weighted by atomic mass is 16.2. The van der Waals surface area contributed by atoms with E-state index in [1.54, 1.807) is 6.20 Å². The molecule has 124 valence electrons. The van der Waals surface area contributed by atoms with Crippen molar-refractivity contribution < 1.29 is 4.79 Å². The number of anilines is 1. The summed E-state index contributed by atoms with van der Waals surface area (Å²) in [5, 5.41) is 0. The number of carbonyl (C=O) groups excluding carboxylic acids is 1. The molecule has 5 nitrogen and oxygen atoms in total. The number of hydrogen-bond acceptors (Lipinski definition) is 4. The molecule has 1 atom stereocenters. The normalized spacial score (nSPS) is 25.8. The Bertz CT molecular complexity index is 597. The van der Waals surface area contributed by atoms with E-state index in [1.807, 2.05) is 4.90 Å². The van der Waals surface area contributed by atoms with Gasteiger partial charge in [-0.15, -0.1) is 0 Å². The highest BCUT2D eigenvalue weighted by Gasteiger charge is 2.35. The molecule has 5 heteroatoms. The predicted molar refractivity (Wildman–Crippen MR) is 89.4 cm³/mol. The third-order valence-electron chi connectivity index (χ3n) is 5.62. The maximum atomic E-state index is 12.7. The Morgan fingerprint density at radius 3 is 2.74 bits per heavy atom. The van der Waals surface area contributed by atoms with Gasteiger partial charge in [-0.05, 0) is 31.6 Å². The van der Waals surface area contributed by atoms with Crippen LogP contribution in [0.1, 0.15) is 67.9 Å². The van der Waals surface area contributed by atoms with Gasteiger partial charge in [-0.1, -0.05) is 26.2 Å². The molecule has 2 fully saturated rings. The van der Waals surface area contributed by atoms with Crippen LogP contribution >= 0.6 is 0 Å². The lowest BCUT2D eigenvalue weighted by molar-refractivity contribution is 0.0659. The van der Waals surface area contributed by atoms with Crippen LogP contribution in [0.4, 0.5) is 5.95 Å². The molecule has 2 aliphatic heterocycles. The summed E-state index contributed by atoms with van der Waals surface area (Å²) in [6.07, 6.45) is 10.3. The van der Waals surface area contributed by atoms with E-state index >= 15 is 0 Å². The second-order valence-corrected chi connectivity index (χ2v) is 7.45. The lowest BCUT2D eigenvalue weighted by atomic mass is 9.94. The Morgan fingerprint density at radius 1 is 1.13 bits per heavy atom. The van der Waals surface area contributed by atoms with E-state index in [0.717, 1.165) is 43.1 Å². The van der Waals surface area contributed by atoms with Gasteiger partial charge in [0.15, 0.2) is 0 Å². The third-order valence-corrected chi connectivity index (χ3v) is 5.62. The highest BCUT2D eigenvalue weighted by molar-refractivity contribution is 5.97. The Balaban J connectivity index is 1.53. The number of nitrogens with zero attached hydrogens (tertiary/aromatic N) is 4. The van der Waals surface area contributed by atoms with E-state index in [-0.39, 0.29) is 5.91 Å². The van der Waals surface area contributed by atoms with Crippen LogP contribution in [0.15, 0.2) is 6.20 Å². The fourth-order valence-electron chi connectivity index (χ4n) is 4.30. The van der Waals surface area contributed by atoms with Crippen LogP contribution in [-0.2, 0) is 6.54 Å². The Labute approximate surface area is 138 Å². The van der Waals surface area contributed by atoms with Gasteiger partial charge < -0.3 is 9.80 Å². The minimum absolute atomic E-state index is 0.144. The summed E-state index contributed by atoms with van der Waals surface area (Å²) >= 11 is 0. The molecule has 0 N–H and O–H groups in total. The minimum Gasteiger partial charge on any atom is -0.341 e. The predicted octanol–water partition coefficient (Wildman–Crippen LogP) is 3.00. The lowest BCUT2D eigenvalue weighted by Crippen LogP contribution is -2.36. The van der Waals surface area contributed by atoms with Crippen LogP contribution in [0.5, 0.6) is 0 Å². The molecule has 3 aliphatic rings. The zero-order valence-electron chi connectivity index (χ0n) is 14.0. The van der Waals surface area contributed by atoms with E-state index < -0.39 is 0 Å². The van der Waals surface area contributed by atoms with Crippen LogP contribution in [-0.4, -0.2) is 39.9 Å². The first-order valence-corrected chi connectivity index (χ1v) is 9.14. The molecule has 1 saturated heterocycles. The zero-order valence-corrected chi connectivity index (χ0v) is 14.0. The molecule has 0 aromatic carbocycles. The number of piperidine rings is 1. The van der Waals surface area contributed by atoms with Crippen LogP contribution in [0.2, 0.25) is 0 Å². The molecule has 1 aliphatic carbocycles. The number of rotatable bonds is 2. The molecule has 4 rings (SSSR count). The van der Waals surface area contributed by atoms with Gasteiger partial charge in [0.1, 0.15) is 0 Å². The number of aromatic nitrogens is 2. The molecule has 1 unspecified atom stereocenters. The first-order chi connectivity index (χ1) is 11.2. The van der Waals surface area contributed by atoms with E-state index in [0.29, 0.717) is 18.5 Å². The Morgan fingerprint density at radius 2 is 1.96 bits per heavy atom. The van der Waals surface area contributed by atoms with Crippen molar-refractivity contribution >= 4 is 11.9 Å². The number of amides is 1. The number of hydrogen-bond donors (Lipinski definition) is 0. The molecule has 23 heavy (non-hydrogen) atoms. The van der Waals surface area contributed by atoms with Crippen molar-refractivity contribution in [3.05, 3.63) is 17.5 Å². The third kappa shape index (κ3) is 2.81. The van der Waals surface area contributed by atoms with Gasteiger partial charge in [-0.25, -0.2) is 9.97 Å². The van der Waals surface area contributed by atoms with Gasteiger partial charge in [-0.2, -0.15) is 0 Å². The topological polar surface area (TPSA) is 49.3 Å². The molecule has 1 aromatic rings. The van der Waals surface area contributed by atoms with Gasteiger partial charge >= 0.3 is 0 Å². The summed E-state index contributed by atoms with van der Waals surface area (Å²) in [6, 6.07) is 0.406. The van der Waals surface area contributed by atoms with Gasteiger partial charge in [0, 0.05) is 25.3 Å². The van der Waals surface area contributed by atoms with Crippen molar-refractivity contribution in [1.82, 2.24) is 14.9 Å². The van der Waals surface area contributed by atoms with Crippen LogP contribution in [0, 0.1) is 5.92 Å². The first kappa shape index (κ1) is 14.9. The van der Waals surface area contributed by atoms with Gasteiger partial charge in [0.05, 0.1) is 17.8 Å². The quantitative estimate of drug-likeness (QED) is 0.842. The molecule has 1 aromatic heterocycles. The number of fused-ring (bicyclic) bond motifs is 1. The second kappa shape index (κ2) is 6.10. The SMILES string of the molecule is CC1CCCN(c2ncc3c(n2)CN(C2CCCCC2)C3=O)C1. The molecule has 1 amide bonds. The monoisotopic (exact) mass is 314 g/mol. The smallest absolute Gasteiger partial charge is 0.257 e. The summed E-state index contributed by atoms with van der Waals surface area (Å²) in [4.78, 5) is 26.3. The van der Waals surface area contributed by atoms with Gasteiger partial charge in [0.25, 0.3) is 5.91 Å². The zero-order chi connectivity index (χ0) is 15.8. The molecular formula is C18H26N4O. The average Bonchev–Trinajstić information content (AvgIpc) is 2.92. The Hall–Kier alpha value is -1.65. The van der Waals surface area contributed by atoms with Crippen molar-refractivity contribution in [2.24, 2.45) is 5.92 Å². The fraction of sp³-hybridized carbons (Fsp3) is 0.722. The summed E-state index contributed by atoms with van der Waals surface area (Å²) in [5.41, 5.74) is 1.66. The first-order valence-electron chi connectivity index (χ1n) is 9.14. The van der Waals surface area contributed by atoms with Gasteiger partial charge in [0.2, 0.25) is 5.95 Å². The van der Waals surface area contributed by atoms with E-state index in [4.69, 9.17) is 4.98 Å². The minimum atomic E-state index is 0.144. The molecule has 3 heterocycles. The van der Waals surface area contributed by atoms with E-state index in [1.165, 1.54) is 32.1 Å². The van der Waals surface area contributed by atoms with Crippen molar-refractivity contribution in [2.75, 3.05) is 18.0 Å². The molecule has 0 bridgehead atoms. The Kier molecular flexibility index (Phi) is 3.95. The maximum absolute atomic E-state index is 12.7. The lowest BCUT2D eigenvalue weighted by Gasteiger charge is -2.31. The summed E-state index contributed by atoms with van der Waals surface area (Å²) in [7, 11) is 0. The molecule has 0 spiro atoms. The van der Waals surface area contributed by atoms with Crippen LogP contribution in [0.25, 0.3) is 0 Å². The maximum Gasteiger partial charge on any atom is 0.257 e. The second-order valence-electron chi connectivity index (χ2n) is 7.45. The van der Waals surface area contributed by atoms with Crippen molar-refractivity contribution in [1.29, 1.82) is 0 Å². The summed E-state index contributed by atoms with van der Waals surface area (Å²) in [6.45, 7) is 5.02. The molecule has 1 saturated carbocycles. The number of carbonyl (C=O) groups is 1. The standard InChI is InChI=1S/C18H26N4O/c1-13-6-5-9-21(11-13)18-19-10-15-16(20-18)12-22(17(15)23)14-7-3-2-4-8-14/h10,13-14H,2-9,11-12H2,1H3. The molecule has 0 radical (unpaired) electrons.